The fourth-order valence-electron chi connectivity index (χ4n) is 3.66. The quantitative estimate of drug-likeness (QED) is 0.456. The zero-order valence-corrected chi connectivity index (χ0v) is 20.6. The first-order valence-corrected chi connectivity index (χ1v) is 12.6. The summed E-state index contributed by atoms with van der Waals surface area (Å²) >= 11 is 0. The van der Waals surface area contributed by atoms with Gasteiger partial charge in [0.25, 0.3) is 0 Å². The summed E-state index contributed by atoms with van der Waals surface area (Å²) in [5.41, 5.74) is 5.45. The first kappa shape index (κ1) is 24.1. The van der Waals surface area contributed by atoms with Crippen LogP contribution in [0.1, 0.15) is 81.5 Å². The third-order valence-corrected chi connectivity index (χ3v) is 7.13. The summed E-state index contributed by atoms with van der Waals surface area (Å²) in [5.74, 6) is 0.524. The lowest BCUT2D eigenvalue weighted by molar-refractivity contribution is 0.575. The highest BCUT2D eigenvalue weighted by atomic mass is 32.2. The van der Waals surface area contributed by atoms with Crippen molar-refractivity contribution in [1.29, 1.82) is 0 Å². The van der Waals surface area contributed by atoms with Crippen LogP contribution in [0.2, 0.25) is 0 Å². The van der Waals surface area contributed by atoms with E-state index in [4.69, 9.17) is 0 Å². The molecule has 0 saturated heterocycles. The summed E-state index contributed by atoms with van der Waals surface area (Å²) in [6.45, 7) is 12.6. The van der Waals surface area contributed by atoms with E-state index >= 15 is 0 Å². The van der Waals surface area contributed by atoms with E-state index in [1.807, 2.05) is 52.0 Å². The number of pyridine rings is 2. The lowest BCUT2D eigenvalue weighted by Gasteiger charge is -2.23. The van der Waals surface area contributed by atoms with Crippen molar-refractivity contribution in [2.45, 2.75) is 70.7 Å². The van der Waals surface area contributed by atoms with Gasteiger partial charge in [-0.3, -0.25) is 9.97 Å². The number of nitrogens with zero attached hydrogens (tertiary/aromatic N) is 2. The maximum Gasteiger partial charge on any atom is 0.241 e. The van der Waals surface area contributed by atoms with Gasteiger partial charge < -0.3 is 0 Å². The van der Waals surface area contributed by atoms with Crippen molar-refractivity contribution in [2.75, 3.05) is 0 Å². The molecule has 0 aliphatic rings. The van der Waals surface area contributed by atoms with E-state index in [0.29, 0.717) is 10.8 Å². The maximum atomic E-state index is 13.5. The van der Waals surface area contributed by atoms with E-state index in [9.17, 15) is 8.42 Å². The van der Waals surface area contributed by atoms with E-state index in [0.717, 1.165) is 27.9 Å². The van der Waals surface area contributed by atoms with Gasteiger partial charge in [0.15, 0.2) is 0 Å². The fraction of sp³-hybridized carbons (Fsp3) is 0.385. The molecule has 0 atom stereocenters. The summed E-state index contributed by atoms with van der Waals surface area (Å²) in [7, 11) is -3.70. The molecule has 5 nitrogen and oxygen atoms in total. The van der Waals surface area contributed by atoms with Crippen LogP contribution in [0.25, 0.3) is 11.3 Å². The van der Waals surface area contributed by atoms with Gasteiger partial charge in [-0.1, -0.05) is 59.7 Å². The van der Waals surface area contributed by atoms with Gasteiger partial charge in [-0.05, 0) is 58.2 Å². The van der Waals surface area contributed by atoms with E-state index < -0.39 is 10.0 Å². The van der Waals surface area contributed by atoms with E-state index in [2.05, 4.69) is 40.7 Å². The SMILES string of the molecule is CC(C)c1cc(C(C)C)c(S(=O)(=O)NCc2ccc(-c3cccnc3)nc2)c(C(C)C)c1. The Bertz CT molecular complexity index is 1120. The van der Waals surface area contributed by atoms with E-state index in [1.54, 1.807) is 18.6 Å². The lowest BCUT2D eigenvalue weighted by Crippen LogP contribution is -2.26. The van der Waals surface area contributed by atoms with Crippen LogP contribution in [-0.2, 0) is 16.6 Å². The molecule has 170 valence electrons. The molecule has 0 aliphatic carbocycles. The first-order chi connectivity index (χ1) is 15.1. The van der Waals surface area contributed by atoms with Crippen molar-refractivity contribution in [3.05, 3.63) is 77.2 Å². The van der Waals surface area contributed by atoms with Crippen LogP contribution >= 0.6 is 0 Å². The molecule has 0 fully saturated rings. The second kappa shape index (κ2) is 9.92. The number of hydrogen-bond acceptors (Lipinski definition) is 4. The molecule has 0 spiro atoms. The summed E-state index contributed by atoms with van der Waals surface area (Å²) in [5, 5.41) is 0. The molecule has 3 aromatic rings. The fourth-order valence-corrected chi connectivity index (χ4v) is 5.38. The smallest absolute Gasteiger partial charge is 0.241 e. The van der Waals surface area contributed by atoms with Gasteiger partial charge in [-0.2, -0.15) is 0 Å². The number of sulfonamides is 1. The van der Waals surface area contributed by atoms with Crippen molar-refractivity contribution in [3.8, 4) is 11.3 Å². The minimum atomic E-state index is -3.70. The molecule has 6 heteroatoms. The van der Waals surface area contributed by atoms with Gasteiger partial charge in [-0.15, -0.1) is 0 Å². The average Bonchev–Trinajstić information content (AvgIpc) is 2.77. The van der Waals surface area contributed by atoms with Crippen LogP contribution in [0.4, 0.5) is 0 Å². The molecule has 2 aromatic heterocycles. The Labute approximate surface area is 192 Å². The first-order valence-electron chi connectivity index (χ1n) is 11.1. The average molecular weight is 452 g/mol. The largest absolute Gasteiger partial charge is 0.264 e. The molecule has 0 aliphatic heterocycles. The Morgan fingerprint density at radius 1 is 0.875 bits per heavy atom. The number of rotatable bonds is 8. The zero-order valence-electron chi connectivity index (χ0n) is 19.8. The number of aromatic nitrogens is 2. The molecular formula is C26H33N3O2S. The Morgan fingerprint density at radius 2 is 1.53 bits per heavy atom. The predicted octanol–water partition coefficient (Wildman–Crippen LogP) is 5.99. The molecule has 0 saturated carbocycles. The molecule has 32 heavy (non-hydrogen) atoms. The molecule has 0 unspecified atom stereocenters. The second-order valence-electron chi connectivity index (χ2n) is 9.11. The van der Waals surface area contributed by atoms with Crippen LogP contribution in [0.3, 0.4) is 0 Å². The molecule has 3 rings (SSSR count). The van der Waals surface area contributed by atoms with Crippen molar-refractivity contribution >= 4 is 10.0 Å². The number of hydrogen-bond donors (Lipinski definition) is 1. The van der Waals surface area contributed by atoms with Gasteiger partial charge in [0.1, 0.15) is 0 Å². The van der Waals surface area contributed by atoms with Crippen molar-refractivity contribution in [3.63, 3.8) is 0 Å². The zero-order chi connectivity index (χ0) is 23.5. The van der Waals surface area contributed by atoms with Gasteiger partial charge in [0, 0.05) is 30.7 Å². The summed E-state index contributed by atoms with van der Waals surface area (Å²) in [4.78, 5) is 9.01. The van der Waals surface area contributed by atoms with Crippen LogP contribution < -0.4 is 4.72 Å². The second-order valence-corrected chi connectivity index (χ2v) is 10.8. The molecule has 1 N–H and O–H groups in total. The predicted molar refractivity (Wildman–Crippen MR) is 130 cm³/mol. The van der Waals surface area contributed by atoms with Gasteiger partial charge in [0.2, 0.25) is 10.0 Å². The van der Waals surface area contributed by atoms with Crippen molar-refractivity contribution < 1.29 is 8.42 Å². The normalized spacial score (nSPS) is 12.2. The van der Waals surface area contributed by atoms with E-state index in [1.165, 1.54) is 5.56 Å². The monoisotopic (exact) mass is 451 g/mol. The van der Waals surface area contributed by atoms with Gasteiger partial charge in [0.05, 0.1) is 10.6 Å². The maximum absolute atomic E-state index is 13.5. The molecule has 1 aromatic carbocycles. The van der Waals surface area contributed by atoms with Crippen molar-refractivity contribution in [1.82, 2.24) is 14.7 Å². The molecule has 0 bridgehead atoms. The van der Waals surface area contributed by atoms with Crippen LogP contribution in [0, 0.1) is 0 Å². The third-order valence-electron chi connectivity index (χ3n) is 5.60. The summed E-state index contributed by atoms with van der Waals surface area (Å²) < 4.78 is 29.8. The standard InChI is InChI=1S/C26H33N3O2S/c1-17(2)22-12-23(18(3)4)26(24(13-22)19(5)6)32(30,31)29-15-20-9-10-25(28-14-20)21-8-7-11-27-16-21/h7-14,16-19,29H,15H2,1-6H3. The highest BCUT2D eigenvalue weighted by Crippen LogP contribution is 2.35. The van der Waals surface area contributed by atoms with E-state index in [-0.39, 0.29) is 18.4 Å². The highest BCUT2D eigenvalue weighted by molar-refractivity contribution is 7.89. The minimum Gasteiger partial charge on any atom is -0.264 e. The highest BCUT2D eigenvalue weighted by Gasteiger charge is 2.26. The number of benzene rings is 1. The molecule has 2 heterocycles. The van der Waals surface area contributed by atoms with Crippen LogP contribution in [-0.4, -0.2) is 18.4 Å². The summed E-state index contributed by atoms with van der Waals surface area (Å²) in [6.07, 6.45) is 5.18. The minimum absolute atomic E-state index is 0.0956. The Hall–Kier alpha value is -2.57. The topological polar surface area (TPSA) is 72.0 Å². The lowest BCUT2D eigenvalue weighted by atomic mass is 9.89. The van der Waals surface area contributed by atoms with Crippen LogP contribution in [0.5, 0.6) is 0 Å². The van der Waals surface area contributed by atoms with Gasteiger partial charge >= 0.3 is 0 Å². The molecule has 0 radical (unpaired) electrons. The third kappa shape index (κ3) is 5.43. The Morgan fingerprint density at radius 3 is 2.00 bits per heavy atom. The Kier molecular flexibility index (Phi) is 7.47. The van der Waals surface area contributed by atoms with Crippen LogP contribution in [0.15, 0.2) is 59.9 Å². The molecular weight excluding hydrogens is 418 g/mol. The summed E-state index contributed by atoms with van der Waals surface area (Å²) in [6, 6.07) is 11.7. The van der Waals surface area contributed by atoms with Crippen molar-refractivity contribution in [2.24, 2.45) is 0 Å². The molecule has 0 amide bonds. The Balaban J connectivity index is 1.91. The van der Waals surface area contributed by atoms with Gasteiger partial charge in [-0.25, -0.2) is 13.1 Å². The number of nitrogens with one attached hydrogen (secondary N) is 1.